The van der Waals surface area contributed by atoms with Crippen molar-refractivity contribution in [3.63, 3.8) is 0 Å². The van der Waals surface area contributed by atoms with Crippen LogP contribution in [0.3, 0.4) is 0 Å². The zero-order chi connectivity index (χ0) is 15.3. The Kier molecular flexibility index (Phi) is 5.61. The minimum atomic E-state index is -3.08. The smallest absolute Gasteiger partial charge is 0.208 e. The van der Waals surface area contributed by atoms with E-state index in [0.29, 0.717) is 12.6 Å². The molecule has 0 spiro atoms. The Balaban J connectivity index is 1.83. The van der Waals surface area contributed by atoms with Crippen LogP contribution in [-0.2, 0) is 16.4 Å². The van der Waals surface area contributed by atoms with E-state index in [-0.39, 0.29) is 0 Å². The summed E-state index contributed by atoms with van der Waals surface area (Å²) in [6.07, 6.45) is 3.94. The van der Waals surface area contributed by atoms with E-state index in [9.17, 15) is 8.42 Å². The lowest BCUT2D eigenvalue weighted by molar-refractivity contribution is 0.356. The average Bonchev–Trinajstić information content (AvgIpc) is 2.89. The van der Waals surface area contributed by atoms with Gasteiger partial charge in [0.1, 0.15) is 5.75 Å². The van der Waals surface area contributed by atoms with Crippen LogP contribution >= 0.6 is 0 Å². The third-order valence-corrected chi connectivity index (χ3v) is 4.36. The standard InChI is InChI=1S/C15H24N2O3S/c1-3-14(16-8-4-9-17-21(2,18)19)12-5-6-15-13(11-12)7-10-20-15/h5-6,11,14,16-17H,3-4,7-10H2,1-2H3. The van der Waals surface area contributed by atoms with Gasteiger partial charge in [-0.25, -0.2) is 13.1 Å². The van der Waals surface area contributed by atoms with Gasteiger partial charge in [0.2, 0.25) is 10.0 Å². The third kappa shape index (κ3) is 4.98. The van der Waals surface area contributed by atoms with Crippen LogP contribution in [0, 0.1) is 0 Å². The van der Waals surface area contributed by atoms with Crippen LogP contribution in [0.2, 0.25) is 0 Å². The molecule has 1 heterocycles. The first-order valence-electron chi connectivity index (χ1n) is 7.43. The van der Waals surface area contributed by atoms with Crippen molar-refractivity contribution in [1.82, 2.24) is 10.0 Å². The van der Waals surface area contributed by atoms with Gasteiger partial charge in [0.15, 0.2) is 0 Å². The Labute approximate surface area is 127 Å². The fourth-order valence-electron chi connectivity index (χ4n) is 2.54. The monoisotopic (exact) mass is 312 g/mol. The molecule has 1 atom stereocenters. The van der Waals surface area contributed by atoms with E-state index < -0.39 is 10.0 Å². The fourth-order valence-corrected chi connectivity index (χ4v) is 3.06. The summed E-state index contributed by atoms with van der Waals surface area (Å²) in [5.41, 5.74) is 2.56. The van der Waals surface area contributed by atoms with Gasteiger partial charge in [-0.3, -0.25) is 0 Å². The molecule has 5 nitrogen and oxygen atoms in total. The molecule has 0 bridgehead atoms. The molecular formula is C15H24N2O3S. The van der Waals surface area contributed by atoms with Crippen molar-refractivity contribution < 1.29 is 13.2 Å². The summed E-state index contributed by atoms with van der Waals surface area (Å²) in [5, 5.41) is 3.49. The van der Waals surface area contributed by atoms with Crippen molar-refractivity contribution in [3.05, 3.63) is 29.3 Å². The molecule has 1 unspecified atom stereocenters. The van der Waals surface area contributed by atoms with Crippen molar-refractivity contribution >= 4 is 10.0 Å². The molecule has 0 saturated heterocycles. The van der Waals surface area contributed by atoms with Gasteiger partial charge in [-0.05, 0) is 36.6 Å². The van der Waals surface area contributed by atoms with E-state index in [1.54, 1.807) is 0 Å². The van der Waals surface area contributed by atoms with Crippen LogP contribution < -0.4 is 14.8 Å². The summed E-state index contributed by atoms with van der Waals surface area (Å²) in [5.74, 6) is 1.01. The van der Waals surface area contributed by atoms with Crippen LogP contribution in [-0.4, -0.2) is 34.4 Å². The predicted molar refractivity (Wildman–Crippen MR) is 84.1 cm³/mol. The second-order valence-electron chi connectivity index (χ2n) is 5.40. The largest absolute Gasteiger partial charge is 0.493 e. The number of rotatable bonds is 8. The molecule has 1 aliphatic heterocycles. The first-order chi connectivity index (χ1) is 9.99. The Bertz CT molecular complexity index is 572. The van der Waals surface area contributed by atoms with E-state index in [4.69, 9.17) is 4.74 Å². The predicted octanol–water partition coefficient (Wildman–Crippen LogP) is 1.60. The van der Waals surface area contributed by atoms with Gasteiger partial charge in [0.05, 0.1) is 12.9 Å². The second kappa shape index (κ2) is 7.24. The van der Waals surface area contributed by atoms with Crippen molar-refractivity contribution in [3.8, 4) is 5.75 Å². The molecule has 118 valence electrons. The number of hydrogen-bond donors (Lipinski definition) is 2. The van der Waals surface area contributed by atoms with E-state index in [0.717, 1.165) is 38.2 Å². The fraction of sp³-hybridized carbons (Fsp3) is 0.600. The van der Waals surface area contributed by atoms with Crippen LogP contribution in [0.25, 0.3) is 0 Å². The number of benzene rings is 1. The van der Waals surface area contributed by atoms with Crippen molar-refractivity contribution in [2.45, 2.75) is 32.2 Å². The lowest BCUT2D eigenvalue weighted by Gasteiger charge is -2.18. The van der Waals surface area contributed by atoms with Gasteiger partial charge in [0.25, 0.3) is 0 Å². The molecule has 0 aromatic heterocycles. The van der Waals surface area contributed by atoms with E-state index in [2.05, 4.69) is 29.1 Å². The molecule has 6 heteroatoms. The first kappa shape index (κ1) is 16.3. The average molecular weight is 312 g/mol. The van der Waals surface area contributed by atoms with Crippen LogP contribution in [0.4, 0.5) is 0 Å². The number of ether oxygens (including phenoxy) is 1. The number of fused-ring (bicyclic) bond motifs is 1. The van der Waals surface area contributed by atoms with Crippen molar-refractivity contribution in [1.29, 1.82) is 0 Å². The molecule has 0 radical (unpaired) electrons. The maximum Gasteiger partial charge on any atom is 0.208 e. The summed E-state index contributed by atoms with van der Waals surface area (Å²) in [4.78, 5) is 0. The summed E-state index contributed by atoms with van der Waals surface area (Å²) >= 11 is 0. The molecule has 1 aliphatic rings. The van der Waals surface area contributed by atoms with Crippen molar-refractivity contribution in [2.24, 2.45) is 0 Å². The normalized spacial score (nSPS) is 15.5. The topological polar surface area (TPSA) is 67.4 Å². The van der Waals surface area contributed by atoms with Crippen LogP contribution in [0.15, 0.2) is 18.2 Å². The SMILES string of the molecule is CCC(NCCCNS(C)(=O)=O)c1ccc2c(c1)CCO2. The number of nitrogens with one attached hydrogen (secondary N) is 2. The minimum Gasteiger partial charge on any atom is -0.493 e. The van der Waals surface area contributed by atoms with Gasteiger partial charge < -0.3 is 10.1 Å². The molecule has 1 aromatic rings. The summed E-state index contributed by atoms with van der Waals surface area (Å²) in [6.45, 7) is 4.19. The Morgan fingerprint density at radius 1 is 1.33 bits per heavy atom. The molecule has 21 heavy (non-hydrogen) atoms. The van der Waals surface area contributed by atoms with Gasteiger partial charge in [-0.1, -0.05) is 19.1 Å². The molecular weight excluding hydrogens is 288 g/mol. The van der Waals surface area contributed by atoms with E-state index in [1.807, 2.05) is 6.07 Å². The highest BCUT2D eigenvalue weighted by Crippen LogP contribution is 2.29. The van der Waals surface area contributed by atoms with Crippen LogP contribution in [0.5, 0.6) is 5.75 Å². The third-order valence-electron chi connectivity index (χ3n) is 3.63. The van der Waals surface area contributed by atoms with Gasteiger partial charge in [-0.2, -0.15) is 0 Å². The van der Waals surface area contributed by atoms with Crippen LogP contribution in [0.1, 0.15) is 36.9 Å². The highest BCUT2D eigenvalue weighted by Gasteiger charge is 2.15. The molecule has 0 aliphatic carbocycles. The maximum atomic E-state index is 11.0. The quantitative estimate of drug-likeness (QED) is 0.716. The lowest BCUT2D eigenvalue weighted by Crippen LogP contribution is -2.28. The minimum absolute atomic E-state index is 0.300. The lowest BCUT2D eigenvalue weighted by atomic mass is 10.0. The van der Waals surface area contributed by atoms with Crippen molar-refractivity contribution in [2.75, 3.05) is 26.0 Å². The second-order valence-corrected chi connectivity index (χ2v) is 7.23. The summed E-state index contributed by atoms with van der Waals surface area (Å²) < 4.78 is 30.0. The summed E-state index contributed by atoms with van der Waals surface area (Å²) in [6, 6.07) is 6.68. The summed E-state index contributed by atoms with van der Waals surface area (Å²) in [7, 11) is -3.08. The highest BCUT2D eigenvalue weighted by atomic mass is 32.2. The zero-order valence-electron chi connectivity index (χ0n) is 12.7. The Hall–Kier alpha value is -1.11. The molecule has 0 fully saturated rings. The number of sulfonamides is 1. The van der Waals surface area contributed by atoms with Gasteiger partial charge in [-0.15, -0.1) is 0 Å². The van der Waals surface area contributed by atoms with E-state index in [1.165, 1.54) is 17.4 Å². The zero-order valence-corrected chi connectivity index (χ0v) is 13.5. The van der Waals surface area contributed by atoms with Gasteiger partial charge >= 0.3 is 0 Å². The Morgan fingerprint density at radius 2 is 2.14 bits per heavy atom. The van der Waals surface area contributed by atoms with Gasteiger partial charge in [0, 0.05) is 19.0 Å². The first-order valence-corrected chi connectivity index (χ1v) is 9.32. The molecule has 2 rings (SSSR count). The Morgan fingerprint density at radius 3 is 2.86 bits per heavy atom. The molecule has 0 amide bonds. The van der Waals surface area contributed by atoms with E-state index >= 15 is 0 Å². The molecule has 1 aromatic carbocycles. The molecule has 2 N–H and O–H groups in total. The molecule has 0 saturated carbocycles. The number of hydrogen-bond acceptors (Lipinski definition) is 4. The highest BCUT2D eigenvalue weighted by molar-refractivity contribution is 7.88. The maximum absolute atomic E-state index is 11.0.